The molecule has 0 aliphatic rings. The Morgan fingerprint density at radius 2 is 2.12 bits per heavy atom. The van der Waals surface area contributed by atoms with Crippen LogP contribution in [0.15, 0.2) is 39.3 Å². The third kappa shape index (κ3) is 1.38. The molecule has 0 saturated carbocycles. The summed E-state index contributed by atoms with van der Waals surface area (Å²) in [6, 6.07) is 9.57. The van der Waals surface area contributed by atoms with Gasteiger partial charge in [0.15, 0.2) is 11.6 Å². The fraction of sp³-hybridized carbons (Fsp3) is 0.0909. The highest BCUT2D eigenvalue weighted by molar-refractivity contribution is 5.81. The van der Waals surface area contributed by atoms with E-state index in [-0.39, 0.29) is 6.54 Å². The predicted molar refractivity (Wildman–Crippen MR) is 57.4 cm³/mol. The van der Waals surface area contributed by atoms with Crippen LogP contribution >= 0.6 is 0 Å². The van der Waals surface area contributed by atoms with Crippen LogP contribution in [0.1, 0.15) is 5.82 Å². The zero-order valence-electron chi connectivity index (χ0n) is 8.38. The molecule has 5 nitrogen and oxygen atoms in total. The Labute approximate surface area is 90.9 Å². The van der Waals surface area contributed by atoms with Crippen molar-refractivity contribution in [2.45, 2.75) is 6.54 Å². The van der Waals surface area contributed by atoms with Gasteiger partial charge in [-0.3, -0.25) is 0 Å². The second-order valence-electron chi connectivity index (χ2n) is 3.37. The number of fused-ring (bicyclic) bond motifs is 1. The van der Waals surface area contributed by atoms with Gasteiger partial charge in [-0.2, -0.15) is 4.98 Å². The molecule has 16 heavy (non-hydrogen) atoms. The number of nitrogens with zero attached hydrogens (tertiary/aromatic N) is 2. The molecular weight excluding hydrogens is 206 g/mol. The molecule has 2 N–H and O–H groups in total. The monoisotopic (exact) mass is 215 g/mol. The quantitative estimate of drug-likeness (QED) is 0.706. The van der Waals surface area contributed by atoms with Crippen LogP contribution in [0.2, 0.25) is 0 Å². The molecule has 2 heterocycles. The summed E-state index contributed by atoms with van der Waals surface area (Å²) in [4.78, 5) is 4.10. The van der Waals surface area contributed by atoms with Crippen LogP contribution in [0.4, 0.5) is 0 Å². The van der Waals surface area contributed by atoms with Gasteiger partial charge in [-0.1, -0.05) is 23.4 Å². The van der Waals surface area contributed by atoms with E-state index in [0.29, 0.717) is 17.5 Å². The molecule has 1 aromatic carbocycles. The number of aromatic nitrogens is 2. The summed E-state index contributed by atoms with van der Waals surface area (Å²) in [5.74, 6) is 1.39. The number of hydrogen-bond acceptors (Lipinski definition) is 5. The minimum atomic E-state index is 0.254. The lowest BCUT2D eigenvalue weighted by Gasteiger charge is -1.84. The van der Waals surface area contributed by atoms with Gasteiger partial charge in [-0.05, 0) is 12.1 Å². The molecule has 0 bridgehead atoms. The van der Waals surface area contributed by atoms with E-state index in [2.05, 4.69) is 10.1 Å². The third-order valence-electron chi connectivity index (χ3n) is 2.29. The van der Waals surface area contributed by atoms with Crippen molar-refractivity contribution in [1.29, 1.82) is 0 Å². The van der Waals surface area contributed by atoms with Crippen molar-refractivity contribution in [2.75, 3.05) is 0 Å². The van der Waals surface area contributed by atoms with E-state index >= 15 is 0 Å². The van der Waals surface area contributed by atoms with Gasteiger partial charge in [-0.15, -0.1) is 0 Å². The summed E-state index contributed by atoms with van der Waals surface area (Å²) < 4.78 is 10.6. The van der Waals surface area contributed by atoms with Gasteiger partial charge in [0.05, 0.1) is 6.54 Å². The van der Waals surface area contributed by atoms with Crippen LogP contribution < -0.4 is 5.73 Å². The minimum Gasteiger partial charge on any atom is -0.451 e. The van der Waals surface area contributed by atoms with Crippen LogP contribution in [-0.4, -0.2) is 10.1 Å². The van der Waals surface area contributed by atoms with E-state index in [1.54, 1.807) is 0 Å². The lowest BCUT2D eigenvalue weighted by atomic mass is 10.2. The van der Waals surface area contributed by atoms with E-state index in [1.165, 1.54) is 0 Å². The maximum absolute atomic E-state index is 5.57. The van der Waals surface area contributed by atoms with Crippen molar-refractivity contribution in [2.24, 2.45) is 5.73 Å². The van der Waals surface area contributed by atoms with Crippen LogP contribution in [0.25, 0.3) is 22.6 Å². The molecule has 0 unspecified atom stereocenters. The summed E-state index contributed by atoms with van der Waals surface area (Å²) in [7, 11) is 0. The second kappa shape index (κ2) is 3.46. The topological polar surface area (TPSA) is 78.1 Å². The van der Waals surface area contributed by atoms with Gasteiger partial charge in [0, 0.05) is 5.39 Å². The molecule has 0 saturated heterocycles. The highest BCUT2D eigenvalue weighted by Crippen LogP contribution is 2.26. The maximum Gasteiger partial charge on any atom is 0.293 e. The van der Waals surface area contributed by atoms with Crippen LogP contribution in [-0.2, 0) is 6.54 Å². The average molecular weight is 215 g/mol. The summed E-state index contributed by atoms with van der Waals surface area (Å²) >= 11 is 0. The van der Waals surface area contributed by atoms with Gasteiger partial charge in [-0.25, -0.2) is 0 Å². The maximum atomic E-state index is 5.57. The lowest BCUT2D eigenvalue weighted by molar-refractivity contribution is 0.412. The molecule has 0 amide bonds. The first-order valence-electron chi connectivity index (χ1n) is 4.88. The van der Waals surface area contributed by atoms with Gasteiger partial charge < -0.3 is 14.7 Å². The number of rotatable bonds is 2. The number of nitrogens with two attached hydrogens (primary N) is 1. The lowest BCUT2D eigenvalue weighted by Crippen LogP contribution is -1.97. The second-order valence-corrected chi connectivity index (χ2v) is 3.37. The van der Waals surface area contributed by atoms with Gasteiger partial charge >= 0.3 is 0 Å². The molecule has 0 atom stereocenters. The van der Waals surface area contributed by atoms with Gasteiger partial charge in [0.2, 0.25) is 0 Å². The van der Waals surface area contributed by atoms with Crippen molar-refractivity contribution < 1.29 is 8.94 Å². The van der Waals surface area contributed by atoms with Crippen molar-refractivity contribution in [3.63, 3.8) is 0 Å². The fourth-order valence-corrected chi connectivity index (χ4v) is 1.52. The Hall–Kier alpha value is -2.14. The zero-order valence-corrected chi connectivity index (χ0v) is 8.38. The van der Waals surface area contributed by atoms with Crippen LogP contribution in [0.3, 0.4) is 0 Å². The van der Waals surface area contributed by atoms with Crippen LogP contribution in [0.5, 0.6) is 0 Å². The fourth-order valence-electron chi connectivity index (χ4n) is 1.52. The Balaban J connectivity index is 2.11. The molecule has 0 fully saturated rings. The first-order chi connectivity index (χ1) is 7.86. The van der Waals surface area contributed by atoms with Crippen molar-refractivity contribution in [1.82, 2.24) is 10.1 Å². The number of hydrogen-bond donors (Lipinski definition) is 1. The number of furan rings is 1. The number of para-hydroxylation sites is 1. The Morgan fingerprint density at radius 3 is 2.88 bits per heavy atom. The van der Waals surface area contributed by atoms with Gasteiger partial charge in [0.25, 0.3) is 5.89 Å². The largest absolute Gasteiger partial charge is 0.451 e. The van der Waals surface area contributed by atoms with Crippen LogP contribution in [0, 0.1) is 0 Å². The smallest absolute Gasteiger partial charge is 0.293 e. The first kappa shape index (κ1) is 9.11. The standard InChI is InChI=1S/C11H9N3O2/c12-6-10-13-11(16-14-10)9-5-7-3-1-2-4-8(7)15-9/h1-5H,6,12H2. The average Bonchev–Trinajstić information content (AvgIpc) is 2.95. The zero-order chi connectivity index (χ0) is 11.0. The molecule has 0 aliphatic carbocycles. The SMILES string of the molecule is NCc1noc(-c2cc3ccccc3o2)n1. The summed E-state index contributed by atoms with van der Waals surface area (Å²) in [5, 5.41) is 4.71. The van der Waals surface area contributed by atoms with E-state index in [0.717, 1.165) is 11.0 Å². The highest BCUT2D eigenvalue weighted by atomic mass is 16.5. The van der Waals surface area contributed by atoms with Crippen molar-refractivity contribution >= 4 is 11.0 Å². The Morgan fingerprint density at radius 1 is 1.25 bits per heavy atom. The van der Waals surface area contributed by atoms with E-state index in [9.17, 15) is 0 Å². The molecule has 3 aromatic rings. The molecule has 3 rings (SSSR count). The van der Waals surface area contributed by atoms with E-state index < -0.39 is 0 Å². The molecule has 5 heteroatoms. The van der Waals surface area contributed by atoms with Gasteiger partial charge in [0.1, 0.15) is 5.58 Å². The molecule has 80 valence electrons. The van der Waals surface area contributed by atoms with E-state index in [1.807, 2.05) is 30.3 Å². The molecule has 2 aromatic heterocycles. The summed E-state index contributed by atoms with van der Waals surface area (Å²) in [6.07, 6.45) is 0. The predicted octanol–water partition coefficient (Wildman–Crippen LogP) is 1.94. The summed E-state index contributed by atoms with van der Waals surface area (Å²) in [5.41, 5.74) is 6.20. The molecule has 0 spiro atoms. The third-order valence-corrected chi connectivity index (χ3v) is 2.29. The molecule has 0 aliphatic heterocycles. The summed E-state index contributed by atoms with van der Waals surface area (Å²) in [6.45, 7) is 0.254. The number of benzene rings is 1. The Bertz CT molecular complexity index is 594. The van der Waals surface area contributed by atoms with Crippen molar-refractivity contribution in [3.05, 3.63) is 36.2 Å². The van der Waals surface area contributed by atoms with Crippen molar-refractivity contribution in [3.8, 4) is 11.7 Å². The highest BCUT2D eigenvalue weighted by Gasteiger charge is 2.12. The normalized spacial score (nSPS) is 11.1. The Kier molecular flexibility index (Phi) is 1.97. The van der Waals surface area contributed by atoms with E-state index in [4.69, 9.17) is 14.7 Å². The molecular formula is C11H9N3O2. The minimum absolute atomic E-state index is 0.254. The first-order valence-corrected chi connectivity index (χ1v) is 4.88. The molecule has 0 radical (unpaired) electrons.